The minimum absolute atomic E-state index is 0.0532. The molecule has 3 rings (SSSR count). The molecule has 140 valence electrons. The van der Waals surface area contributed by atoms with Gasteiger partial charge in [0.25, 0.3) is 0 Å². The summed E-state index contributed by atoms with van der Waals surface area (Å²) in [6, 6.07) is 13.6. The Kier molecular flexibility index (Phi) is 5.49. The van der Waals surface area contributed by atoms with Gasteiger partial charge in [0.1, 0.15) is 5.82 Å². The highest BCUT2D eigenvalue weighted by atomic mass is 19.1. The number of nitrogens with zero attached hydrogens (tertiary/aromatic N) is 3. The molecular weight excluding hydrogens is 347 g/mol. The number of ether oxygens (including phenoxy) is 1. The van der Waals surface area contributed by atoms with E-state index >= 15 is 0 Å². The van der Waals surface area contributed by atoms with Crippen LogP contribution >= 0.6 is 0 Å². The number of nitrogens with one attached hydrogen (secondary N) is 1. The first-order valence-corrected chi connectivity index (χ1v) is 8.75. The summed E-state index contributed by atoms with van der Waals surface area (Å²) in [5, 5.41) is 7.21. The third kappa shape index (κ3) is 4.31. The van der Waals surface area contributed by atoms with Gasteiger partial charge in [-0.15, -0.1) is 5.10 Å². The molecular formula is C20H21FN4O2. The highest BCUT2D eigenvalue weighted by Gasteiger charge is 2.15. The maximum Gasteiger partial charge on any atom is 0.336 e. The van der Waals surface area contributed by atoms with Gasteiger partial charge in [-0.1, -0.05) is 26.0 Å². The largest absolute Gasteiger partial charge is 0.463 e. The van der Waals surface area contributed by atoms with E-state index in [4.69, 9.17) is 4.74 Å². The molecule has 0 fully saturated rings. The molecule has 0 spiro atoms. The Balaban J connectivity index is 1.96. The van der Waals surface area contributed by atoms with Gasteiger partial charge in [-0.05, 0) is 43.3 Å². The summed E-state index contributed by atoms with van der Waals surface area (Å²) in [7, 11) is 0. The average molecular weight is 368 g/mol. The molecule has 0 unspecified atom stereocenters. The Morgan fingerprint density at radius 2 is 1.96 bits per heavy atom. The van der Waals surface area contributed by atoms with Crippen LogP contribution in [0.4, 0.5) is 10.1 Å². The van der Waals surface area contributed by atoms with E-state index in [1.807, 2.05) is 32.9 Å². The predicted octanol–water partition coefficient (Wildman–Crippen LogP) is 4.07. The molecule has 0 aliphatic heterocycles. The number of anilines is 1. The first-order valence-electron chi connectivity index (χ1n) is 8.75. The highest BCUT2D eigenvalue weighted by Crippen LogP contribution is 2.25. The molecule has 2 aromatic carbocycles. The first kappa shape index (κ1) is 18.6. The Bertz CT molecular complexity index is 935. The Hall–Kier alpha value is -3.22. The van der Waals surface area contributed by atoms with Crippen LogP contribution in [-0.4, -0.2) is 27.3 Å². The first-order chi connectivity index (χ1) is 13.0. The lowest BCUT2D eigenvalue weighted by Gasteiger charge is -2.09. The summed E-state index contributed by atoms with van der Waals surface area (Å²) >= 11 is 0. The van der Waals surface area contributed by atoms with Crippen molar-refractivity contribution in [3.8, 4) is 23.1 Å². The molecule has 1 aromatic heterocycles. The van der Waals surface area contributed by atoms with E-state index < -0.39 is 0 Å². The van der Waals surface area contributed by atoms with Crippen LogP contribution in [0.25, 0.3) is 17.1 Å². The third-order valence-corrected chi connectivity index (χ3v) is 3.85. The number of halogens is 1. The van der Waals surface area contributed by atoms with Crippen molar-refractivity contribution in [1.29, 1.82) is 0 Å². The standard InChI is InChI=1S/C20H21FN4O2/c1-4-27-20-23-18(14-6-5-7-15(21)12-14)25(24-20)17-10-8-16(9-11-17)22-19(26)13(2)3/h5-13H,4H2,1-3H3,(H,22,26). The fourth-order valence-electron chi connectivity index (χ4n) is 2.45. The number of rotatable bonds is 6. The summed E-state index contributed by atoms with van der Waals surface area (Å²) in [5.74, 6) is -0.0421. The fourth-order valence-corrected chi connectivity index (χ4v) is 2.45. The van der Waals surface area contributed by atoms with Crippen molar-refractivity contribution >= 4 is 11.6 Å². The minimum Gasteiger partial charge on any atom is -0.463 e. The van der Waals surface area contributed by atoms with Crippen LogP contribution in [0.5, 0.6) is 6.01 Å². The van der Waals surface area contributed by atoms with E-state index in [0.717, 1.165) is 5.69 Å². The molecule has 0 atom stereocenters. The Morgan fingerprint density at radius 1 is 1.22 bits per heavy atom. The molecule has 7 heteroatoms. The second-order valence-corrected chi connectivity index (χ2v) is 6.26. The van der Waals surface area contributed by atoms with Gasteiger partial charge < -0.3 is 10.1 Å². The summed E-state index contributed by atoms with van der Waals surface area (Å²) < 4.78 is 20.7. The topological polar surface area (TPSA) is 69.0 Å². The zero-order valence-corrected chi connectivity index (χ0v) is 15.4. The van der Waals surface area contributed by atoms with E-state index in [1.165, 1.54) is 12.1 Å². The van der Waals surface area contributed by atoms with Crippen molar-refractivity contribution in [1.82, 2.24) is 14.8 Å². The monoisotopic (exact) mass is 368 g/mol. The molecule has 1 heterocycles. The highest BCUT2D eigenvalue weighted by molar-refractivity contribution is 5.92. The number of carbonyl (C=O) groups excluding carboxylic acids is 1. The number of hydrogen-bond donors (Lipinski definition) is 1. The molecule has 0 bridgehead atoms. The van der Waals surface area contributed by atoms with Crippen LogP contribution in [0.1, 0.15) is 20.8 Å². The van der Waals surface area contributed by atoms with Crippen molar-refractivity contribution in [2.45, 2.75) is 20.8 Å². The van der Waals surface area contributed by atoms with Gasteiger partial charge in [0, 0.05) is 17.2 Å². The van der Waals surface area contributed by atoms with Gasteiger partial charge in [-0.2, -0.15) is 4.98 Å². The van der Waals surface area contributed by atoms with Crippen molar-refractivity contribution in [2.75, 3.05) is 11.9 Å². The lowest BCUT2D eigenvalue weighted by atomic mass is 10.2. The van der Waals surface area contributed by atoms with E-state index in [2.05, 4.69) is 15.4 Å². The number of aromatic nitrogens is 3. The average Bonchev–Trinajstić information content (AvgIpc) is 3.06. The number of benzene rings is 2. The Morgan fingerprint density at radius 3 is 2.59 bits per heavy atom. The van der Waals surface area contributed by atoms with Gasteiger partial charge in [-0.25, -0.2) is 9.07 Å². The third-order valence-electron chi connectivity index (χ3n) is 3.85. The normalized spacial score (nSPS) is 10.9. The zero-order chi connectivity index (χ0) is 19.4. The van der Waals surface area contributed by atoms with Gasteiger partial charge in [0.2, 0.25) is 5.91 Å². The van der Waals surface area contributed by atoms with Crippen LogP contribution in [0.15, 0.2) is 48.5 Å². The van der Waals surface area contributed by atoms with Gasteiger partial charge in [0.05, 0.1) is 12.3 Å². The molecule has 1 amide bonds. The van der Waals surface area contributed by atoms with E-state index in [1.54, 1.807) is 28.9 Å². The lowest BCUT2D eigenvalue weighted by Crippen LogP contribution is -2.17. The van der Waals surface area contributed by atoms with Gasteiger partial charge in [-0.3, -0.25) is 4.79 Å². The summed E-state index contributed by atoms with van der Waals surface area (Å²) in [6.45, 7) is 5.93. The van der Waals surface area contributed by atoms with Crippen molar-refractivity contribution in [3.63, 3.8) is 0 Å². The quantitative estimate of drug-likeness (QED) is 0.712. The molecule has 0 aliphatic rings. The van der Waals surface area contributed by atoms with E-state index in [-0.39, 0.29) is 23.7 Å². The summed E-state index contributed by atoms with van der Waals surface area (Å²) in [5.41, 5.74) is 2.00. The predicted molar refractivity (Wildman–Crippen MR) is 101 cm³/mol. The molecule has 3 aromatic rings. The van der Waals surface area contributed by atoms with Crippen LogP contribution in [0.2, 0.25) is 0 Å². The molecule has 0 saturated carbocycles. The van der Waals surface area contributed by atoms with Crippen molar-refractivity contribution < 1.29 is 13.9 Å². The molecule has 0 radical (unpaired) electrons. The summed E-state index contributed by atoms with van der Waals surface area (Å²) in [4.78, 5) is 16.2. The zero-order valence-electron chi connectivity index (χ0n) is 15.4. The lowest BCUT2D eigenvalue weighted by molar-refractivity contribution is -0.118. The van der Waals surface area contributed by atoms with E-state index in [0.29, 0.717) is 23.7 Å². The summed E-state index contributed by atoms with van der Waals surface area (Å²) in [6.07, 6.45) is 0. The number of carbonyl (C=O) groups is 1. The maximum atomic E-state index is 13.7. The van der Waals surface area contributed by atoms with Crippen LogP contribution in [0, 0.1) is 11.7 Å². The molecule has 0 aliphatic carbocycles. The second-order valence-electron chi connectivity index (χ2n) is 6.26. The second kappa shape index (κ2) is 7.99. The molecule has 27 heavy (non-hydrogen) atoms. The van der Waals surface area contributed by atoms with E-state index in [9.17, 15) is 9.18 Å². The van der Waals surface area contributed by atoms with Gasteiger partial charge >= 0.3 is 6.01 Å². The van der Waals surface area contributed by atoms with Crippen LogP contribution in [-0.2, 0) is 4.79 Å². The molecule has 0 saturated heterocycles. The fraction of sp³-hybridized carbons (Fsp3) is 0.250. The minimum atomic E-state index is -0.355. The maximum absolute atomic E-state index is 13.7. The SMILES string of the molecule is CCOc1nc(-c2cccc(F)c2)n(-c2ccc(NC(=O)C(C)C)cc2)n1. The Labute approximate surface area is 157 Å². The van der Waals surface area contributed by atoms with Crippen molar-refractivity contribution in [3.05, 3.63) is 54.3 Å². The number of amides is 1. The van der Waals surface area contributed by atoms with Gasteiger partial charge in [0.15, 0.2) is 5.82 Å². The van der Waals surface area contributed by atoms with Crippen molar-refractivity contribution in [2.24, 2.45) is 5.92 Å². The molecule has 1 N–H and O–H groups in total. The van der Waals surface area contributed by atoms with Crippen LogP contribution in [0.3, 0.4) is 0 Å². The number of hydrogen-bond acceptors (Lipinski definition) is 4. The molecule has 6 nitrogen and oxygen atoms in total. The smallest absolute Gasteiger partial charge is 0.336 e. The van der Waals surface area contributed by atoms with Crippen LogP contribution < -0.4 is 10.1 Å².